The number of thiazole rings is 1. The fraction of sp³-hybridized carbons (Fsp3) is 0.389. The summed E-state index contributed by atoms with van der Waals surface area (Å²) in [7, 11) is 1.52. The molecule has 10 nitrogen and oxygen atoms in total. The van der Waals surface area contributed by atoms with Crippen LogP contribution in [0.3, 0.4) is 0 Å². The first-order valence-corrected chi connectivity index (χ1v) is 9.78. The molecule has 0 aliphatic heterocycles. The van der Waals surface area contributed by atoms with E-state index < -0.39 is 11.9 Å². The maximum Gasteiger partial charge on any atom is 0.350 e. The first kappa shape index (κ1) is 22.2. The third kappa shape index (κ3) is 6.22. The zero-order valence-corrected chi connectivity index (χ0v) is 17.2. The molecule has 0 aliphatic rings. The van der Waals surface area contributed by atoms with E-state index in [2.05, 4.69) is 25.9 Å². The second-order valence-electron chi connectivity index (χ2n) is 5.58. The fourth-order valence-corrected chi connectivity index (χ4v) is 3.14. The monoisotopic (exact) mass is 421 g/mol. The van der Waals surface area contributed by atoms with Gasteiger partial charge in [0.15, 0.2) is 5.69 Å². The first-order valence-electron chi connectivity index (χ1n) is 8.96. The van der Waals surface area contributed by atoms with E-state index in [9.17, 15) is 14.4 Å². The molecule has 0 fully saturated rings. The molecule has 0 spiro atoms. The predicted octanol–water partition coefficient (Wildman–Crippen LogP) is 1.90. The molecule has 29 heavy (non-hydrogen) atoms. The third-order valence-electron chi connectivity index (χ3n) is 3.48. The molecule has 3 amide bonds. The van der Waals surface area contributed by atoms with E-state index in [4.69, 9.17) is 9.47 Å². The number of carbonyl (C=O) groups is 3. The average molecular weight is 421 g/mol. The Morgan fingerprint density at radius 3 is 2.59 bits per heavy atom. The summed E-state index contributed by atoms with van der Waals surface area (Å²) in [6.45, 7) is 4.78. The second kappa shape index (κ2) is 11.1. The maximum atomic E-state index is 12.4. The molecule has 2 heterocycles. The number of rotatable bonds is 9. The number of urea groups is 1. The van der Waals surface area contributed by atoms with E-state index in [0.717, 1.165) is 11.3 Å². The number of hydrogen-bond donors (Lipinski definition) is 3. The summed E-state index contributed by atoms with van der Waals surface area (Å²) < 4.78 is 9.94. The standard InChI is InChI=1S/C18H23N5O5S/c1-4-19-18(26)22-12-7-6-11(10-21-12)16-23-13(15(24)20-8-9-27-3)14(29-16)17(25)28-5-2/h6-7,10H,4-5,8-9H2,1-3H3,(H,20,24)(H2,19,21,22,26). The molecule has 2 rings (SSSR count). The van der Waals surface area contributed by atoms with Crippen molar-refractivity contribution in [1.82, 2.24) is 20.6 Å². The summed E-state index contributed by atoms with van der Waals surface area (Å²) in [4.78, 5) is 44.8. The number of esters is 1. The summed E-state index contributed by atoms with van der Waals surface area (Å²) in [5.41, 5.74) is 0.585. The third-order valence-corrected chi connectivity index (χ3v) is 4.57. The summed E-state index contributed by atoms with van der Waals surface area (Å²) in [5.74, 6) is -0.745. The van der Waals surface area contributed by atoms with Crippen molar-refractivity contribution in [3.63, 3.8) is 0 Å². The van der Waals surface area contributed by atoms with E-state index in [0.29, 0.717) is 29.5 Å². The lowest BCUT2D eigenvalue weighted by Gasteiger charge is -2.05. The van der Waals surface area contributed by atoms with E-state index in [1.54, 1.807) is 19.1 Å². The highest BCUT2D eigenvalue weighted by Gasteiger charge is 2.25. The van der Waals surface area contributed by atoms with Gasteiger partial charge in [0.25, 0.3) is 5.91 Å². The Labute approximate surface area is 172 Å². The molecule has 0 saturated heterocycles. The maximum absolute atomic E-state index is 12.4. The predicted molar refractivity (Wildman–Crippen MR) is 108 cm³/mol. The van der Waals surface area contributed by atoms with Gasteiger partial charge in [-0.25, -0.2) is 19.6 Å². The molecular formula is C18H23N5O5S. The quantitative estimate of drug-likeness (QED) is 0.416. The molecule has 0 aliphatic carbocycles. The van der Waals surface area contributed by atoms with Crippen LogP contribution in [-0.2, 0) is 9.47 Å². The van der Waals surface area contributed by atoms with Crippen molar-refractivity contribution in [2.45, 2.75) is 13.8 Å². The lowest BCUT2D eigenvalue weighted by Crippen LogP contribution is -2.28. The molecule has 11 heteroatoms. The normalized spacial score (nSPS) is 10.3. The number of anilines is 1. The smallest absolute Gasteiger partial charge is 0.350 e. The Morgan fingerprint density at radius 1 is 1.17 bits per heavy atom. The van der Waals surface area contributed by atoms with Crippen molar-refractivity contribution in [2.75, 3.05) is 38.7 Å². The Balaban J connectivity index is 2.25. The van der Waals surface area contributed by atoms with Gasteiger partial charge in [0.05, 0.1) is 13.2 Å². The molecule has 0 aromatic carbocycles. The molecule has 0 bridgehead atoms. The van der Waals surface area contributed by atoms with Gasteiger partial charge in [-0.05, 0) is 26.0 Å². The van der Waals surface area contributed by atoms with Gasteiger partial charge in [-0.1, -0.05) is 0 Å². The van der Waals surface area contributed by atoms with Crippen molar-refractivity contribution >= 4 is 35.1 Å². The molecule has 2 aromatic rings. The van der Waals surface area contributed by atoms with Crippen LogP contribution < -0.4 is 16.0 Å². The van der Waals surface area contributed by atoms with Crippen LogP contribution in [0.4, 0.5) is 10.6 Å². The van der Waals surface area contributed by atoms with Gasteiger partial charge in [0.1, 0.15) is 15.7 Å². The number of methoxy groups -OCH3 is 1. The van der Waals surface area contributed by atoms with Crippen molar-refractivity contribution in [1.29, 1.82) is 0 Å². The molecular weight excluding hydrogens is 398 g/mol. The van der Waals surface area contributed by atoms with Crippen molar-refractivity contribution in [2.24, 2.45) is 0 Å². The molecule has 0 radical (unpaired) electrons. The van der Waals surface area contributed by atoms with Crippen LogP contribution in [0.5, 0.6) is 0 Å². The average Bonchev–Trinajstić information content (AvgIpc) is 3.15. The Morgan fingerprint density at radius 2 is 1.97 bits per heavy atom. The molecule has 2 aromatic heterocycles. The van der Waals surface area contributed by atoms with Gasteiger partial charge in [-0.3, -0.25) is 10.1 Å². The summed E-state index contributed by atoms with van der Waals surface area (Å²) in [6.07, 6.45) is 1.50. The highest BCUT2D eigenvalue weighted by atomic mass is 32.1. The molecule has 156 valence electrons. The number of carbonyl (C=O) groups excluding carboxylic acids is 3. The summed E-state index contributed by atoms with van der Waals surface area (Å²) in [6, 6.07) is 2.94. The second-order valence-corrected chi connectivity index (χ2v) is 6.58. The summed E-state index contributed by atoms with van der Waals surface area (Å²) in [5, 5.41) is 8.28. The zero-order chi connectivity index (χ0) is 21.2. The van der Waals surface area contributed by atoms with Gasteiger partial charge in [0, 0.05) is 32.0 Å². The van der Waals surface area contributed by atoms with Gasteiger partial charge < -0.3 is 20.1 Å². The fourth-order valence-electron chi connectivity index (χ4n) is 2.20. The molecule has 0 saturated carbocycles. The van der Waals surface area contributed by atoms with E-state index in [1.165, 1.54) is 13.3 Å². The van der Waals surface area contributed by atoms with Gasteiger partial charge in [-0.15, -0.1) is 11.3 Å². The number of nitrogens with one attached hydrogen (secondary N) is 3. The summed E-state index contributed by atoms with van der Waals surface area (Å²) >= 11 is 1.04. The Bertz CT molecular complexity index is 853. The minimum atomic E-state index is -0.615. The lowest BCUT2D eigenvalue weighted by atomic mass is 10.3. The van der Waals surface area contributed by atoms with E-state index in [1.807, 2.05) is 6.92 Å². The number of hydrogen-bond acceptors (Lipinski definition) is 8. The number of nitrogens with zero attached hydrogens (tertiary/aromatic N) is 2. The Hall–Kier alpha value is -3.05. The minimum Gasteiger partial charge on any atom is -0.462 e. The molecule has 0 atom stereocenters. The van der Waals surface area contributed by atoms with Crippen LogP contribution in [0.1, 0.15) is 34.0 Å². The number of aromatic nitrogens is 2. The van der Waals surface area contributed by atoms with Gasteiger partial charge in [-0.2, -0.15) is 0 Å². The van der Waals surface area contributed by atoms with E-state index >= 15 is 0 Å². The molecule has 3 N–H and O–H groups in total. The first-order chi connectivity index (χ1) is 14.0. The van der Waals surface area contributed by atoms with Crippen molar-refractivity contribution < 1.29 is 23.9 Å². The minimum absolute atomic E-state index is 0.0101. The highest BCUT2D eigenvalue weighted by molar-refractivity contribution is 7.17. The number of ether oxygens (including phenoxy) is 2. The van der Waals surface area contributed by atoms with Crippen LogP contribution in [0.15, 0.2) is 18.3 Å². The van der Waals surface area contributed by atoms with Crippen molar-refractivity contribution in [3.8, 4) is 10.6 Å². The lowest BCUT2D eigenvalue weighted by molar-refractivity contribution is 0.0528. The van der Waals surface area contributed by atoms with Crippen LogP contribution in [0.2, 0.25) is 0 Å². The van der Waals surface area contributed by atoms with Crippen LogP contribution >= 0.6 is 11.3 Å². The van der Waals surface area contributed by atoms with Gasteiger partial charge >= 0.3 is 12.0 Å². The van der Waals surface area contributed by atoms with Crippen molar-refractivity contribution in [3.05, 3.63) is 28.9 Å². The Kier molecular flexibility index (Phi) is 8.49. The number of pyridine rings is 1. The SMILES string of the molecule is CCNC(=O)Nc1ccc(-c2nc(C(=O)NCCOC)c(C(=O)OCC)s2)cn1. The van der Waals surface area contributed by atoms with Crippen LogP contribution in [-0.4, -0.2) is 61.3 Å². The van der Waals surface area contributed by atoms with Crippen LogP contribution in [0.25, 0.3) is 10.6 Å². The molecule has 0 unspecified atom stereocenters. The highest BCUT2D eigenvalue weighted by Crippen LogP contribution is 2.29. The topological polar surface area (TPSA) is 132 Å². The van der Waals surface area contributed by atoms with Crippen LogP contribution in [0, 0.1) is 0 Å². The number of amides is 3. The van der Waals surface area contributed by atoms with Gasteiger partial charge in [0.2, 0.25) is 0 Å². The largest absolute Gasteiger partial charge is 0.462 e. The van der Waals surface area contributed by atoms with E-state index in [-0.39, 0.29) is 29.8 Å². The zero-order valence-electron chi connectivity index (χ0n) is 16.4.